The first kappa shape index (κ1) is 18.6. The molecule has 0 saturated carbocycles. The summed E-state index contributed by atoms with van der Waals surface area (Å²) < 4.78 is 15.8. The number of halogens is 1. The Hall–Kier alpha value is -3.16. The summed E-state index contributed by atoms with van der Waals surface area (Å²) in [6.45, 7) is 2.58. The minimum absolute atomic E-state index is 0.00361. The van der Waals surface area contributed by atoms with Crippen LogP contribution in [0.2, 0.25) is 0 Å². The Kier molecular flexibility index (Phi) is 5.25. The molecule has 0 spiro atoms. The molecule has 1 aromatic carbocycles. The summed E-state index contributed by atoms with van der Waals surface area (Å²) in [5, 5.41) is 7.22. The number of nitrogens with one attached hydrogen (secondary N) is 1. The zero-order chi connectivity index (χ0) is 19.6. The normalized spacial score (nSPS) is 15.3. The van der Waals surface area contributed by atoms with Gasteiger partial charge in [0, 0.05) is 62.6 Å². The van der Waals surface area contributed by atoms with E-state index >= 15 is 0 Å². The molecule has 2 aromatic rings. The van der Waals surface area contributed by atoms with E-state index in [-0.39, 0.29) is 11.7 Å². The first-order valence-electron chi connectivity index (χ1n) is 8.67. The average molecular weight is 370 g/mol. The highest BCUT2D eigenvalue weighted by molar-refractivity contribution is 6.00. The van der Waals surface area contributed by atoms with Crippen molar-refractivity contribution in [3.8, 4) is 11.1 Å². The summed E-state index contributed by atoms with van der Waals surface area (Å²) in [5.41, 5.74) is 9.61. The maximum atomic E-state index is 14.2. The van der Waals surface area contributed by atoms with Gasteiger partial charge in [-0.15, -0.1) is 0 Å². The van der Waals surface area contributed by atoms with Crippen molar-refractivity contribution in [2.24, 2.45) is 17.8 Å². The molecule has 0 atom stereocenters. The highest BCUT2D eigenvalue weighted by Crippen LogP contribution is 2.27. The fourth-order valence-corrected chi connectivity index (χ4v) is 3.11. The summed E-state index contributed by atoms with van der Waals surface area (Å²) in [5.74, 6) is -0.0405. The lowest BCUT2D eigenvalue weighted by atomic mass is 10.0. The SMILES string of the molecule is CNC1=C(C(N)=Nc2ccc(F)c(-c3cnn(C)c3)c2)CN(C(C)=O)CC1. The van der Waals surface area contributed by atoms with Gasteiger partial charge in [-0.2, -0.15) is 5.10 Å². The van der Waals surface area contributed by atoms with Crippen LogP contribution in [-0.4, -0.2) is 46.6 Å². The van der Waals surface area contributed by atoms with E-state index in [0.717, 1.165) is 11.3 Å². The van der Waals surface area contributed by atoms with Crippen LogP contribution in [0.3, 0.4) is 0 Å². The van der Waals surface area contributed by atoms with Gasteiger partial charge in [0.1, 0.15) is 11.7 Å². The highest BCUT2D eigenvalue weighted by Gasteiger charge is 2.22. The number of carbonyl (C=O) groups is 1. The third-order valence-corrected chi connectivity index (χ3v) is 4.62. The molecule has 3 N–H and O–H groups in total. The zero-order valence-corrected chi connectivity index (χ0v) is 15.7. The summed E-state index contributed by atoms with van der Waals surface area (Å²) in [4.78, 5) is 17.9. The molecular weight excluding hydrogens is 347 g/mol. The van der Waals surface area contributed by atoms with Crippen LogP contribution in [0.5, 0.6) is 0 Å². The molecular formula is C19H23FN6O. The minimum atomic E-state index is -0.351. The van der Waals surface area contributed by atoms with Gasteiger partial charge in [-0.05, 0) is 18.2 Å². The molecule has 0 saturated heterocycles. The quantitative estimate of drug-likeness (QED) is 0.636. The van der Waals surface area contributed by atoms with Gasteiger partial charge in [-0.1, -0.05) is 0 Å². The number of carbonyl (C=O) groups excluding carboxylic acids is 1. The molecule has 8 heteroatoms. The van der Waals surface area contributed by atoms with E-state index in [4.69, 9.17) is 5.73 Å². The lowest BCUT2D eigenvalue weighted by molar-refractivity contribution is -0.128. The predicted octanol–water partition coefficient (Wildman–Crippen LogP) is 1.94. The summed E-state index contributed by atoms with van der Waals surface area (Å²) in [6, 6.07) is 4.59. The van der Waals surface area contributed by atoms with Crippen LogP contribution in [0.15, 0.2) is 46.9 Å². The van der Waals surface area contributed by atoms with Crippen molar-refractivity contribution in [1.82, 2.24) is 20.0 Å². The summed E-state index contributed by atoms with van der Waals surface area (Å²) in [6.07, 6.45) is 4.03. The van der Waals surface area contributed by atoms with Crippen LogP contribution in [0.1, 0.15) is 13.3 Å². The first-order chi connectivity index (χ1) is 12.9. The Labute approximate surface area is 157 Å². The molecule has 0 aliphatic carbocycles. The molecule has 142 valence electrons. The van der Waals surface area contributed by atoms with E-state index in [1.165, 1.54) is 13.0 Å². The maximum Gasteiger partial charge on any atom is 0.219 e. The maximum absolute atomic E-state index is 14.2. The van der Waals surface area contributed by atoms with E-state index < -0.39 is 0 Å². The molecule has 2 heterocycles. The van der Waals surface area contributed by atoms with Crippen molar-refractivity contribution in [2.75, 3.05) is 20.1 Å². The molecule has 1 aliphatic heterocycles. The van der Waals surface area contributed by atoms with Gasteiger partial charge >= 0.3 is 0 Å². The fourth-order valence-electron chi connectivity index (χ4n) is 3.11. The van der Waals surface area contributed by atoms with Gasteiger partial charge < -0.3 is 16.0 Å². The number of amides is 1. The summed E-state index contributed by atoms with van der Waals surface area (Å²) in [7, 11) is 3.60. The number of hydrogen-bond donors (Lipinski definition) is 2. The number of amidine groups is 1. The molecule has 27 heavy (non-hydrogen) atoms. The highest BCUT2D eigenvalue weighted by atomic mass is 19.1. The number of rotatable bonds is 4. The molecule has 0 radical (unpaired) electrons. The molecule has 0 fully saturated rings. The standard InChI is InChI=1S/C19H23FN6O/c1-12(27)26-7-6-18(22-2)16(11-26)19(21)24-14-4-5-17(20)15(8-14)13-9-23-25(3)10-13/h4-5,8-10,22H,6-7,11H2,1-3H3,(H2,21,24). The molecule has 1 aromatic heterocycles. The van der Waals surface area contributed by atoms with Gasteiger partial charge in [-0.25, -0.2) is 9.38 Å². The molecule has 1 aliphatic rings. The number of nitrogens with zero attached hydrogens (tertiary/aromatic N) is 4. The predicted molar refractivity (Wildman–Crippen MR) is 103 cm³/mol. The molecule has 0 bridgehead atoms. The number of aryl methyl sites for hydroxylation is 1. The summed E-state index contributed by atoms with van der Waals surface area (Å²) >= 11 is 0. The van der Waals surface area contributed by atoms with E-state index in [0.29, 0.717) is 42.2 Å². The zero-order valence-electron chi connectivity index (χ0n) is 15.7. The van der Waals surface area contributed by atoms with Gasteiger partial charge in [0.2, 0.25) is 5.91 Å². The van der Waals surface area contributed by atoms with Crippen LogP contribution in [0.25, 0.3) is 11.1 Å². The molecule has 0 unspecified atom stereocenters. The van der Waals surface area contributed by atoms with E-state index in [1.807, 2.05) is 7.05 Å². The number of benzene rings is 1. The van der Waals surface area contributed by atoms with Crippen molar-refractivity contribution in [2.45, 2.75) is 13.3 Å². The van der Waals surface area contributed by atoms with Crippen molar-refractivity contribution in [1.29, 1.82) is 0 Å². The smallest absolute Gasteiger partial charge is 0.219 e. The first-order valence-corrected chi connectivity index (χ1v) is 8.67. The third kappa shape index (κ3) is 3.99. The molecule has 1 amide bonds. The number of hydrogen-bond acceptors (Lipinski definition) is 4. The van der Waals surface area contributed by atoms with Crippen molar-refractivity contribution in [3.63, 3.8) is 0 Å². The lowest BCUT2D eigenvalue weighted by Crippen LogP contribution is -2.40. The Morgan fingerprint density at radius 2 is 2.19 bits per heavy atom. The monoisotopic (exact) mass is 370 g/mol. The van der Waals surface area contributed by atoms with E-state index in [1.54, 1.807) is 41.2 Å². The Morgan fingerprint density at radius 3 is 2.81 bits per heavy atom. The second kappa shape index (κ2) is 7.61. The van der Waals surface area contributed by atoms with Crippen LogP contribution >= 0.6 is 0 Å². The van der Waals surface area contributed by atoms with Crippen LogP contribution in [-0.2, 0) is 11.8 Å². The minimum Gasteiger partial charge on any atom is -0.391 e. The number of aliphatic imine (C=N–C) groups is 1. The van der Waals surface area contributed by atoms with Crippen molar-refractivity contribution in [3.05, 3.63) is 47.7 Å². The van der Waals surface area contributed by atoms with Crippen molar-refractivity contribution >= 4 is 17.4 Å². The van der Waals surface area contributed by atoms with Crippen molar-refractivity contribution < 1.29 is 9.18 Å². The van der Waals surface area contributed by atoms with Gasteiger partial charge in [0.25, 0.3) is 0 Å². The molecule has 3 rings (SSSR count). The number of aromatic nitrogens is 2. The largest absolute Gasteiger partial charge is 0.391 e. The van der Waals surface area contributed by atoms with Crippen LogP contribution in [0, 0.1) is 5.82 Å². The Balaban J connectivity index is 1.95. The number of nitrogens with two attached hydrogens (primary N) is 1. The van der Waals surface area contributed by atoms with Gasteiger partial charge in [0.15, 0.2) is 0 Å². The van der Waals surface area contributed by atoms with Crippen LogP contribution in [0.4, 0.5) is 10.1 Å². The second-order valence-corrected chi connectivity index (χ2v) is 6.46. The third-order valence-electron chi connectivity index (χ3n) is 4.62. The van der Waals surface area contributed by atoms with Crippen LogP contribution < -0.4 is 11.1 Å². The van der Waals surface area contributed by atoms with Gasteiger partial charge in [0.05, 0.1) is 18.4 Å². The molecule has 7 nitrogen and oxygen atoms in total. The Bertz CT molecular complexity index is 930. The van der Waals surface area contributed by atoms with E-state index in [2.05, 4.69) is 15.4 Å². The Morgan fingerprint density at radius 1 is 1.41 bits per heavy atom. The average Bonchev–Trinajstić information content (AvgIpc) is 3.08. The second-order valence-electron chi connectivity index (χ2n) is 6.46. The lowest BCUT2D eigenvalue weighted by Gasteiger charge is -2.29. The topological polar surface area (TPSA) is 88.5 Å². The van der Waals surface area contributed by atoms with Gasteiger partial charge in [-0.3, -0.25) is 9.48 Å². The fraction of sp³-hybridized carbons (Fsp3) is 0.316. The van der Waals surface area contributed by atoms with E-state index in [9.17, 15) is 9.18 Å².